The number of likely N-dealkylation sites (tertiary alicyclic amines) is 1. The number of rotatable bonds is 3. The Labute approximate surface area is 111 Å². The minimum absolute atomic E-state index is 0.0936. The van der Waals surface area contributed by atoms with Crippen molar-refractivity contribution in [2.45, 2.75) is 19.1 Å². The number of nitrogens with zero attached hydrogens (tertiary/aromatic N) is 1. The van der Waals surface area contributed by atoms with E-state index in [1.807, 2.05) is 0 Å². The van der Waals surface area contributed by atoms with E-state index in [2.05, 4.69) is 57.8 Å². The average Bonchev–Trinajstić information content (AvgIpc) is 2.33. The van der Waals surface area contributed by atoms with Gasteiger partial charge >= 0.3 is 0 Å². The zero-order chi connectivity index (χ0) is 11.4. The first-order chi connectivity index (χ1) is 7.79. The van der Waals surface area contributed by atoms with Gasteiger partial charge in [0.2, 0.25) is 0 Å². The van der Waals surface area contributed by atoms with Gasteiger partial charge in [0, 0.05) is 30.0 Å². The highest BCUT2D eigenvalue weighted by atomic mass is 127. The number of benzene rings is 1. The van der Waals surface area contributed by atoms with Crippen molar-refractivity contribution in [1.29, 1.82) is 0 Å². The first-order valence-electron chi connectivity index (χ1n) is 5.80. The maximum atomic E-state index is 9.82. The molecule has 1 saturated heterocycles. The predicted molar refractivity (Wildman–Crippen MR) is 74.7 cm³/mol. The summed E-state index contributed by atoms with van der Waals surface area (Å²) in [6.07, 6.45) is 0.824. The molecule has 0 aliphatic carbocycles. The molecule has 16 heavy (non-hydrogen) atoms. The summed E-state index contributed by atoms with van der Waals surface area (Å²) in [7, 11) is 0. The van der Waals surface area contributed by atoms with E-state index in [4.69, 9.17) is 0 Å². The Hall–Kier alpha value is -0.130. The highest BCUT2D eigenvalue weighted by Gasteiger charge is 2.26. The molecule has 0 radical (unpaired) electrons. The van der Waals surface area contributed by atoms with Crippen molar-refractivity contribution in [3.05, 3.63) is 35.9 Å². The predicted octanol–water partition coefficient (Wildman–Crippen LogP) is 2.30. The molecule has 2 atom stereocenters. The summed E-state index contributed by atoms with van der Waals surface area (Å²) in [6.45, 7) is 3.06. The molecule has 88 valence electrons. The van der Waals surface area contributed by atoms with Crippen molar-refractivity contribution in [3.8, 4) is 0 Å². The molecule has 3 heteroatoms. The number of hydrogen-bond acceptors (Lipinski definition) is 2. The number of piperidine rings is 1. The summed E-state index contributed by atoms with van der Waals surface area (Å²) in [5.41, 5.74) is 1.37. The molecule has 1 heterocycles. The van der Waals surface area contributed by atoms with Gasteiger partial charge in [-0.3, -0.25) is 4.90 Å². The van der Waals surface area contributed by atoms with Crippen LogP contribution < -0.4 is 0 Å². The Balaban J connectivity index is 1.92. The van der Waals surface area contributed by atoms with Crippen LogP contribution in [0, 0.1) is 5.92 Å². The minimum Gasteiger partial charge on any atom is -0.393 e. The van der Waals surface area contributed by atoms with Crippen LogP contribution in [0.3, 0.4) is 0 Å². The fourth-order valence-corrected chi connectivity index (χ4v) is 3.10. The molecule has 0 spiro atoms. The first-order valence-corrected chi connectivity index (χ1v) is 7.32. The minimum atomic E-state index is -0.0936. The molecule has 0 amide bonds. The molecule has 0 bridgehead atoms. The quantitative estimate of drug-likeness (QED) is 0.679. The Kier molecular flexibility index (Phi) is 4.61. The van der Waals surface area contributed by atoms with Crippen molar-refractivity contribution in [2.24, 2.45) is 5.92 Å². The molecule has 1 aliphatic heterocycles. The summed E-state index contributed by atoms with van der Waals surface area (Å²) in [5, 5.41) is 9.82. The van der Waals surface area contributed by atoms with Crippen LogP contribution in [0.15, 0.2) is 30.3 Å². The van der Waals surface area contributed by atoms with Gasteiger partial charge in [0.05, 0.1) is 6.10 Å². The molecule has 0 unspecified atom stereocenters. The van der Waals surface area contributed by atoms with Gasteiger partial charge in [-0.1, -0.05) is 52.9 Å². The van der Waals surface area contributed by atoms with Gasteiger partial charge in [0.25, 0.3) is 0 Å². The van der Waals surface area contributed by atoms with Gasteiger partial charge < -0.3 is 5.11 Å². The van der Waals surface area contributed by atoms with E-state index >= 15 is 0 Å². The van der Waals surface area contributed by atoms with Crippen LogP contribution in [0.5, 0.6) is 0 Å². The number of aliphatic hydroxyl groups excluding tert-OH is 1. The van der Waals surface area contributed by atoms with Gasteiger partial charge in [-0.05, 0) is 12.0 Å². The Morgan fingerprint density at radius 3 is 2.75 bits per heavy atom. The lowest BCUT2D eigenvalue weighted by Crippen LogP contribution is -2.43. The van der Waals surface area contributed by atoms with E-state index in [-0.39, 0.29) is 6.10 Å². The fourth-order valence-electron chi connectivity index (χ4n) is 2.23. The lowest BCUT2D eigenvalue weighted by molar-refractivity contribution is 0.0353. The van der Waals surface area contributed by atoms with Crippen LogP contribution in [0.25, 0.3) is 0 Å². The smallest absolute Gasteiger partial charge is 0.0600 e. The van der Waals surface area contributed by atoms with E-state index < -0.39 is 0 Å². The third-order valence-corrected chi connectivity index (χ3v) is 4.36. The molecule has 0 saturated carbocycles. The maximum Gasteiger partial charge on any atom is 0.0600 e. The third-order valence-electron chi connectivity index (χ3n) is 3.23. The Morgan fingerprint density at radius 2 is 2.06 bits per heavy atom. The molecule has 1 N–H and O–H groups in total. The van der Waals surface area contributed by atoms with Crippen LogP contribution in [0.4, 0.5) is 0 Å². The van der Waals surface area contributed by atoms with Crippen molar-refractivity contribution >= 4 is 22.6 Å². The molecule has 1 fully saturated rings. The second-order valence-electron chi connectivity index (χ2n) is 4.49. The second kappa shape index (κ2) is 5.98. The second-order valence-corrected chi connectivity index (χ2v) is 5.37. The Bertz CT molecular complexity index is 317. The highest BCUT2D eigenvalue weighted by molar-refractivity contribution is 14.1. The SMILES string of the molecule is O[C@H]1CCN(Cc2ccccc2)C[C@H]1CI. The summed E-state index contributed by atoms with van der Waals surface area (Å²) in [6, 6.07) is 10.6. The normalized spacial score (nSPS) is 26.9. The van der Waals surface area contributed by atoms with Crippen LogP contribution >= 0.6 is 22.6 Å². The Morgan fingerprint density at radius 1 is 1.31 bits per heavy atom. The number of alkyl halides is 1. The van der Waals surface area contributed by atoms with Crippen LogP contribution in [0.2, 0.25) is 0 Å². The highest BCUT2D eigenvalue weighted by Crippen LogP contribution is 2.20. The summed E-state index contributed by atoms with van der Waals surface area (Å²) < 4.78 is 1.05. The van der Waals surface area contributed by atoms with Crippen LogP contribution in [-0.4, -0.2) is 33.6 Å². The van der Waals surface area contributed by atoms with Crippen molar-refractivity contribution in [2.75, 3.05) is 17.5 Å². The molecule has 0 aromatic heterocycles. The molecule has 1 aliphatic rings. The lowest BCUT2D eigenvalue weighted by Gasteiger charge is -2.35. The molecule has 1 aromatic rings. The topological polar surface area (TPSA) is 23.5 Å². The number of hydrogen-bond donors (Lipinski definition) is 1. The van der Waals surface area contributed by atoms with Crippen molar-refractivity contribution in [1.82, 2.24) is 4.90 Å². The standard InChI is InChI=1S/C13H18INO/c14-8-12-10-15(7-6-13(12)16)9-11-4-2-1-3-5-11/h1-5,12-13,16H,6-10H2/t12-,13+/m1/s1. The first kappa shape index (κ1) is 12.3. The van der Waals surface area contributed by atoms with E-state index in [1.165, 1.54) is 5.56 Å². The van der Waals surface area contributed by atoms with Gasteiger partial charge in [-0.25, -0.2) is 0 Å². The molecule has 2 rings (SSSR count). The lowest BCUT2D eigenvalue weighted by atomic mass is 9.96. The van der Waals surface area contributed by atoms with Crippen LogP contribution in [-0.2, 0) is 6.54 Å². The monoisotopic (exact) mass is 331 g/mol. The number of halogens is 1. The van der Waals surface area contributed by atoms with Gasteiger partial charge in [0.1, 0.15) is 0 Å². The van der Waals surface area contributed by atoms with E-state index in [1.54, 1.807) is 0 Å². The molecular weight excluding hydrogens is 313 g/mol. The molecule has 1 aromatic carbocycles. The van der Waals surface area contributed by atoms with Gasteiger partial charge in [-0.2, -0.15) is 0 Å². The summed E-state index contributed by atoms with van der Waals surface area (Å²) in [5.74, 6) is 0.443. The fraction of sp³-hybridized carbons (Fsp3) is 0.538. The van der Waals surface area contributed by atoms with E-state index in [0.717, 1.165) is 30.5 Å². The maximum absolute atomic E-state index is 9.82. The zero-order valence-electron chi connectivity index (χ0n) is 9.35. The molecular formula is C13H18INO. The van der Waals surface area contributed by atoms with E-state index in [0.29, 0.717) is 5.92 Å². The number of aliphatic hydroxyl groups is 1. The van der Waals surface area contributed by atoms with E-state index in [9.17, 15) is 5.11 Å². The van der Waals surface area contributed by atoms with Gasteiger partial charge in [-0.15, -0.1) is 0 Å². The third kappa shape index (κ3) is 3.18. The zero-order valence-corrected chi connectivity index (χ0v) is 11.5. The largest absolute Gasteiger partial charge is 0.393 e. The van der Waals surface area contributed by atoms with Gasteiger partial charge in [0.15, 0.2) is 0 Å². The summed E-state index contributed by atoms with van der Waals surface area (Å²) in [4.78, 5) is 2.45. The van der Waals surface area contributed by atoms with Crippen LogP contribution in [0.1, 0.15) is 12.0 Å². The van der Waals surface area contributed by atoms with Crippen molar-refractivity contribution < 1.29 is 5.11 Å². The van der Waals surface area contributed by atoms with Crippen molar-refractivity contribution in [3.63, 3.8) is 0 Å². The summed E-state index contributed by atoms with van der Waals surface area (Å²) >= 11 is 2.38. The molecule has 2 nitrogen and oxygen atoms in total. The average molecular weight is 331 g/mol.